The fourth-order valence-corrected chi connectivity index (χ4v) is 2.77. The summed E-state index contributed by atoms with van der Waals surface area (Å²) in [4.78, 5) is 24.4. The number of esters is 1. The number of hydrogen-bond donors (Lipinski definition) is 1. The molecule has 1 aromatic heterocycles. The summed E-state index contributed by atoms with van der Waals surface area (Å²) in [5.41, 5.74) is -0.727. The molecule has 0 aliphatic carbocycles. The molecule has 0 saturated carbocycles. The van der Waals surface area contributed by atoms with Gasteiger partial charge in [-0.2, -0.15) is 13.2 Å². The van der Waals surface area contributed by atoms with Crippen molar-refractivity contribution in [2.24, 2.45) is 0 Å². The minimum absolute atomic E-state index is 0.0142. The average Bonchev–Trinajstić information content (AvgIpc) is 3.29. The fourth-order valence-electron chi connectivity index (χ4n) is 2.77. The third kappa shape index (κ3) is 6.58. The van der Waals surface area contributed by atoms with Gasteiger partial charge in [-0.05, 0) is 54.6 Å². The number of nitrogens with one attached hydrogen (secondary N) is 1. The molecule has 180 valence electrons. The molecular weight excluding hydrogens is 462 g/mol. The van der Waals surface area contributed by atoms with E-state index < -0.39 is 36.0 Å². The van der Waals surface area contributed by atoms with E-state index in [4.69, 9.17) is 18.6 Å². The molecule has 34 heavy (non-hydrogen) atoms. The predicted molar refractivity (Wildman–Crippen MR) is 112 cm³/mol. The lowest BCUT2D eigenvalue weighted by molar-refractivity contribution is -0.137. The number of furan rings is 1. The Kier molecular flexibility index (Phi) is 7.90. The van der Waals surface area contributed by atoms with Crippen LogP contribution in [0, 0.1) is 5.82 Å². The molecule has 3 aromatic rings. The van der Waals surface area contributed by atoms with Crippen molar-refractivity contribution in [2.45, 2.75) is 6.18 Å². The number of methoxy groups -OCH3 is 1. The molecule has 0 radical (unpaired) electrons. The van der Waals surface area contributed by atoms with Crippen LogP contribution >= 0.6 is 0 Å². The van der Waals surface area contributed by atoms with Crippen molar-refractivity contribution in [1.82, 2.24) is 0 Å². The molecule has 7 nitrogen and oxygen atoms in total. The zero-order valence-electron chi connectivity index (χ0n) is 17.8. The number of anilines is 1. The van der Waals surface area contributed by atoms with Crippen molar-refractivity contribution < 1.29 is 45.8 Å². The Labute approximate surface area is 191 Å². The van der Waals surface area contributed by atoms with Crippen molar-refractivity contribution in [3.8, 4) is 17.1 Å². The number of carbonyl (C=O) groups is 2. The van der Waals surface area contributed by atoms with Crippen LogP contribution < -0.4 is 10.1 Å². The van der Waals surface area contributed by atoms with E-state index in [-0.39, 0.29) is 36.2 Å². The number of carbonyl (C=O) groups excluding carboxylic acids is 2. The topological polar surface area (TPSA) is 87.0 Å². The van der Waals surface area contributed by atoms with Gasteiger partial charge in [0.1, 0.15) is 23.9 Å². The average molecular weight is 481 g/mol. The van der Waals surface area contributed by atoms with E-state index in [1.54, 1.807) is 0 Å². The highest BCUT2D eigenvalue weighted by Gasteiger charge is 2.31. The summed E-state index contributed by atoms with van der Waals surface area (Å²) < 4.78 is 72.6. The largest absolute Gasteiger partial charge is 0.489 e. The van der Waals surface area contributed by atoms with Gasteiger partial charge >= 0.3 is 12.1 Å². The second kappa shape index (κ2) is 10.8. The van der Waals surface area contributed by atoms with Gasteiger partial charge in [0, 0.05) is 12.7 Å². The maximum absolute atomic E-state index is 13.1. The number of benzene rings is 2. The van der Waals surface area contributed by atoms with Crippen molar-refractivity contribution in [3.05, 3.63) is 71.7 Å². The first-order valence-corrected chi connectivity index (χ1v) is 9.83. The third-order valence-corrected chi connectivity index (χ3v) is 4.40. The highest BCUT2D eigenvalue weighted by atomic mass is 19.4. The maximum Gasteiger partial charge on any atom is 0.416 e. The van der Waals surface area contributed by atoms with Crippen LogP contribution in [0.15, 0.2) is 59.0 Å². The van der Waals surface area contributed by atoms with Gasteiger partial charge in [0.05, 0.1) is 17.9 Å². The third-order valence-electron chi connectivity index (χ3n) is 4.40. The lowest BCUT2D eigenvalue weighted by atomic mass is 10.1. The van der Waals surface area contributed by atoms with Crippen LogP contribution in [0.1, 0.15) is 16.1 Å². The summed E-state index contributed by atoms with van der Waals surface area (Å²) in [6.45, 7) is -0.581. The monoisotopic (exact) mass is 481 g/mol. The van der Waals surface area contributed by atoms with Gasteiger partial charge in [-0.15, -0.1) is 0 Å². The molecule has 1 N–H and O–H groups in total. The van der Waals surface area contributed by atoms with E-state index in [1.807, 2.05) is 0 Å². The van der Waals surface area contributed by atoms with Gasteiger partial charge in [0.2, 0.25) is 5.76 Å². The lowest BCUT2D eigenvalue weighted by Crippen LogP contribution is -2.21. The van der Waals surface area contributed by atoms with E-state index in [1.165, 1.54) is 43.5 Å². The van der Waals surface area contributed by atoms with Crippen LogP contribution in [-0.2, 0) is 20.4 Å². The Bertz CT molecular complexity index is 1140. The molecule has 2 aromatic carbocycles. The zero-order valence-corrected chi connectivity index (χ0v) is 17.8. The first-order valence-electron chi connectivity index (χ1n) is 9.83. The smallest absolute Gasteiger partial charge is 0.416 e. The molecule has 1 amide bonds. The molecule has 0 bridgehead atoms. The number of alkyl halides is 3. The van der Waals surface area contributed by atoms with Crippen LogP contribution in [0.4, 0.5) is 23.2 Å². The molecule has 0 unspecified atom stereocenters. The summed E-state index contributed by atoms with van der Waals surface area (Å²) in [6, 6.07) is 10.7. The van der Waals surface area contributed by atoms with Crippen LogP contribution in [0.3, 0.4) is 0 Å². The number of amides is 1. The molecule has 1 heterocycles. The molecular formula is C23H19F4NO6. The lowest BCUT2D eigenvalue weighted by Gasteiger charge is -2.15. The van der Waals surface area contributed by atoms with Gasteiger partial charge in [-0.25, -0.2) is 9.18 Å². The SMILES string of the molecule is COCCOc1ccc(C(F)(F)F)cc1NC(=O)COC(=O)c1ccc(-c2ccc(F)cc2)o1. The summed E-state index contributed by atoms with van der Waals surface area (Å²) in [6.07, 6.45) is -4.64. The van der Waals surface area contributed by atoms with Crippen molar-refractivity contribution >= 4 is 17.6 Å². The van der Waals surface area contributed by atoms with Crippen LogP contribution in [-0.4, -0.2) is 38.8 Å². The van der Waals surface area contributed by atoms with Crippen LogP contribution in [0.5, 0.6) is 5.75 Å². The van der Waals surface area contributed by atoms with E-state index in [2.05, 4.69) is 5.32 Å². The number of halogens is 4. The number of hydrogen-bond acceptors (Lipinski definition) is 6. The van der Waals surface area contributed by atoms with Crippen LogP contribution in [0.25, 0.3) is 11.3 Å². The van der Waals surface area contributed by atoms with Gasteiger partial charge in [-0.1, -0.05) is 0 Å². The zero-order chi connectivity index (χ0) is 24.7. The molecule has 0 aliphatic heterocycles. The first kappa shape index (κ1) is 24.8. The predicted octanol–water partition coefficient (Wildman–Crippen LogP) is 4.93. The minimum atomic E-state index is -4.64. The Balaban J connectivity index is 1.63. The van der Waals surface area contributed by atoms with E-state index in [9.17, 15) is 27.2 Å². The van der Waals surface area contributed by atoms with Gasteiger partial charge < -0.3 is 23.9 Å². The second-order valence-electron chi connectivity index (χ2n) is 6.85. The summed E-state index contributed by atoms with van der Waals surface area (Å²) in [7, 11) is 1.43. The summed E-state index contributed by atoms with van der Waals surface area (Å²) in [5.74, 6) is -2.25. The Morgan fingerprint density at radius 3 is 2.41 bits per heavy atom. The molecule has 0 fully saturated rings. The van der Waals surface area contributed by atoms with E-state index in [0.29, 0.717) is 11.6 Å². The Hall–Kier alpha value is -3.86. The standard InChI is InChI=1S/C23H19F4NO6/c1-31-10-11-32-19-7-4-15(23(25,26)27)12-17(19)28-21(29)13-33-22(30)20-9-8-18(34-20)14-2-5-16(24)6-3-14/h2-9,12H,10-11,13H2,1H3,(H,28,29). The maximum atomic E-state index is 13.1. The van der Waals surface area contributed by atoms with Crippen molar-refractivity contribution in [3.63, 3.8) is 0 Å². The van der Waals surface area contributed by atoms with Crippen LogP contribution in [0.2, 0.25) is 0 Å². The fraction of sp³-hybridized carbons (Fsp3) is 0.217. The van der Waals surface area contributed by atoms with E-state index >= 15 is 0 Å². The molecule has 11 heteroatoms. The summed E-state index contributed by atoms with van der Waals surface area (Å²) in [5, 5.41) is 2.25. The van der Waals surface area contributed by atoms with Crippen molar-refractivity contribution in [2.75, 3.05) is 32.2 Å². The van der Waals surface area contributed by atoms with Gasteiger partial charge in [-0.3, -0.25) is 4.79 Å². The van der Waals surface area contributed by atoms with Gasteiger partial charge in [0.15, 0.2) is 6.61 Å². The normalized spacial score (nSPS) is 11.2. The highest BCUT2D eigenvalue weighted by Crippen LogP contribution is 2.35. The molecule has 0 spiro atoms. The Morgan fingerprint density at radius 1 is 1.00 bits per heavy atom. The molecule has 0 atom stereocenters. The van der Waals surface area contributed by atoms with Crippen molar-refractivity contribution in [1.29, 1.82) is 0 Å². The first-order chi connectivity index (χ1) is 16.2. The highest BCUT2D eigenvalue weighted by molar-refractivity contribution is 5.95. The molecule has 3 rings (SSSR count). The quantitative estimate of drug-likeness (QED) is 0.265. The molecule has 0 saturated heterocycles. The second-order valence-corrected chi connectivity index (χ2v) is 6.85. The summed E-state index contributed by atoms with van der Waals surface area (Å²) >= 11 is 0. The minimum Gasteiger partial charge on any atom is -0.489 e. The number of rotatable bonds is 9. The van der Waals surface area contributed by atoms with E-state index in [0.717, 1.165) is 12.1 Å². The number of ether oxygens (including phenoxy) is 3. The molecule has 0 aliphatic rings. The Morgan fingerprint density at radius 2 is 1.74 bits per heavy atom. The van der Waals surface area contributed by atoms with Gasteiger partial charge in [0.25, 0.3) is 5.91 Å².